The van der Waals surface area contributed by atoms with Crippen LogP contribution in [0.2, 0.25) is 0 Å². The maximum atomic E-state index is 12.8. The van der Waals surface area contributed by atoms with E-state index in [1.807, 2.05) is 10.7 Å². The lowest BCUT2D eigenvalue weighted by atomic mass is 9.67. The molecular formula is C19H29Cl2N5O. The Morgan fingerprint density at radius 3 is 2.52 bits per heavy atom. The van der Waals surface area contributed by atoms with Crippen LogP contribution in [0.5, 0.6) is 0 Å². The average Bonchev–Trinajstić information content (AvgIpc) is 2.99. The van der Waals surface area contributed by atoms with Crippen LogP contribution in [-0.2, 0) is 0 Å². The molecule has 2 aromatic heterocycles. The Bertz CT molecular complexity index is 779. The van der Waals surface area contributed by atoms with Crippen LogP contribution in [0.25, 0.3) is 11.0 Å². The van der Waals surface area contributed by atoms with Crippen LogP contribution in [-0.4, -0.2) is 32.8 Å². The molecule has 2 saturated carbocycles. The van der Waals surface area contributed by atoms with E-state index < -0.39 is 0 Å². The molecule has 2 heterocycles. The molecule has 2 aliphatic rings. The summed E-state index contributed by atoms with van der Waals surface area (Å²) in [6, 6.07) is 2.70. The first-order valence-electron chi connectivity index (χ1n) is 9.42. The van der Waals surface area contributed by atoms with Crippen molar-refractivity contribution in [2.24, 2.45) is 17.6 Å². The molecule has 0 spiro atoms. The number of amides is 1. The van der Waals surface area contributed by atoms with Crippen molar-refractivity contribution in [1.82, 2.24) is 20.1 Å². The summed E-state index contributed by atoms with van der Waals surface area (Å²) in [5, 5.41) is 8.57. The molecule has 0 aromatic carbocycles. The van der Waals surface area contributed by atoms with Crippen molar-refractivity contribution in [1.29, 1.82) is 0 Å². The van der Waals surface area contributed by atoms with Gasteiger partial charge in [-0.2, -0.15) is 5.10 Å². The first kappa shape index (κ1) is 21.9. The Kier molecular flexibility index (Phi) is 7.11. The minimum absolute atomic E-state index is 0. The Morgan fingerprint density at radius 1 is 1.22 bits per heavy atom. The summed E-state index contributed by atoms with van der Waals surface area (Å²) in [5.41, 5.74) is 7.63. The number of nitrogens with zero attached hydrogens (tertiary/aromatic N) is 3. The molecule has 0 radical (unpaired) electrons. The minimum Gasteiger partial charge on any atom is -0.349 e. The molecule has 2 aliphatic carbocycles. The predicted molar refractivity (Wildman–Crippen MR) is 112 cm³/mol. The van der Waals surface area contributed by atoms with Crippen molar-refractivity contribution in [2.45, 2.75) is 64.1 Å². The number of carbonyl (C=O) groups excluding carboxylic acids is 1. The lowest BCUT2D eigenvalue weighted by Gasteiger charge is -2.45. The number of carbonyl (C=O) groups is 1. The zero-order valence-electron chi connectivity index (χ0n) is 15.8. The van der Waals surface area contributed by atoms with Gasteiger partial charge < -0.3 is 11.1 Å². The molecule has 27 heavy (non-hydrogen) atoms. The lowest BCUT2D eigenvalue weighted by molar-refractivity contribution is 0.0756. The fraction of sp³-hybridized carbons (Fsp3) is 0.632. The molecule has 0 aliphatic heterocycles. The third kappa shape index (κ3) is 4.23. The van der Waals surface area contributed by atoms with E-state index in [4.69, 9.17) is 5.73 Å². The highest BCUT2D eigenvalue weighted by Gasteiger charge is 2.40. The summed E-state index contributed by atoms with van der Waals surface area (Å²) in [5.74, 6) is 1.02. The van der Waals surface area contributed by atoms with Gasteiger partial charge in [-0.25, -0.2) is 9.67 Å². The number of rotatable bonds is 3. The van der Waals surface area contributed by atoms with Crippen molar-refractivity contribution in [3.63, 3.8) is 0 Å². The number of hydrogen-bond donors (Lipinski definition) is 2. The summed E-state index contributed by atoms with van der Waals surface area (Å²) in [6.45, 7) is 4.14. The van der Waals surface area contributed by atoms with Gasteiger partial charge in [0.15, 0.2) is 5.65 Å². The topological polar surface area (TPSA) is 85.8 Å². The van der Waals surface area contributed by atoms with E-state index in [1.165, 1.54) is 19.3 Å². The minimum atomic E-state index is -0.0240. The van der Waals surface area contributed by atoms with Gasteiger partial charge in [-0.1, -0.05) is 6.42 Å². The lowest BCUT2D eigenvalue weighted by Crippen LogP contribution is -2.53. The van der Waals surface area contributed by atoms with E-state index in [0.717, 1.165) is 23.9 Å². The first-order valence-corrected chi connectivity index (χ1v) is 9.42. The summed E-state index contributed by atoms with van der Waals surface area (Å²) in [7, 11) is 0. The molecule has 2 atom stereocenters. The van der Waals surface area contributed by atoms with Crippen LogP contribution in [0.15, 0.2) is 18.5 Å². The average molecular weight is 414 g/mol. The van der Waals surface area contributed by atoms with Gasteiger partial charge in [0.05, 0.1) is 11.8 Å². The quantitative estimate of drug-likeness (QED) is 0.805. The molecule has 0 saturated heterocycles. The van der Waals surface area contributed by atoms with Crippen LogP contribution in [0, 0.1) is 11.8 Å². The monoisotopic (exact) mass is 413 g/mol. The van der Waals surface area contributed by atoms with Crippen LogP contribution in [0.3, 0.4) is 0 Å². The summed E-state index contributed by atoms with van der Waals surface area (Å²) in [6.07, 6.45) is 9.12. The highest BCUT2D eigenvalue weighted by molar-refractivity contribution is 5.97. The van der Waals surface area contributed by atoms with E-state index in [-0.39, 0.29) is 42.8 Å². The normalized spacial score (nSPS) is 27.0. The number of nitrogens with one attached hydrogen (secondary N) is 1. The third-order valence-corrected chi connectivity index (χ3v) is 5.86. The van der Waals surface area contributed by atoms with Crippen molar-refractivity contribution in [3.8, 4) is 0 Å². The number of aromatic nitrogens is 3. The summed E-state index contributed by atoms with van der Waals surface area (Å²) in [4.78, 5) is 17.3. The molecule has 2 bridgehead atoms. The first-order chi connectivity index (χ1) is 12.0. The Morgan fingerprint density at radius 2 is 1.89 bits per heavy atom. The largest absolute Gasteiger partial charge is 0.349 e. The van der Waals surface area contributed by atoms with Crippen LogP contribution in [0.1, 0.15) is 62.4 Å². The Labute approximate surface area is 172 Å². The molecule has 8 heteroatoms. The molecule has 3 N–H and O–H groups in total. The van der Waals surface area contributed by atoms with Gasteiger partial charge in [0.2, 0.25) is 0 Å². The molecule has 2 fully saturated rings. The second-order valence-electron chi connectivity index (χ2n) is 8.00. The fourth-order valence-electron chi connectivity index (χ4n) is 4.70. The molecule has 2 aromatic rings. The zero-order valence-corrected chi connectivity index (χ0v) is 17.4. The summed E-state index contributed by atoms with van der Waals surface area (Å²) < 4.78 is 1.88. The zero-order chi connectivity index (χ0) is 17.6. The van der Waals surface area contributed by atoms with Gasteiger partial charge >= 0.3 is 0 Å². The molecular weight excluding hydrogens is 385 g/mol. The van der Waals surface area contributed by atoms with Gasteiger partial charge in [-0.15, -0.1) is 24.8 Å². The number of pyridine rings is 1. The second-order valence-corrected chi connectivity index (χ2v) is 8.00. The molecule has 4 rings (SSSR count). The molecule has 150 valence electrons. The molecule has 2 unspecified atom stereocenters. The summed E-state index contributed by atoms with van der Waals surface area (Å²) >= 11 is 0. The van der Waals surface area contributed by atoms with E-state index in [9.17, 15) is 4.79 Å². The number of hydrogen-bond acceptors (Lipinski definition) is 4. The number of nitrogens with two attached hydrogens (primary N) is 1. The third-order valence-electron chi connectivity index (χ3n) is 5.86. The Hall–Kier alpha value is -1.37. The van der Waals surface area contributed by atoms with E-state index in [1.54, 1.807) is 12.4 Å². The van der Waals surface area contributed by atoms with E-state index >= 15 is 0 Å². The van der Waals surface area contributed by atoms with Crippen LogP contribution >= 0.6 is 24.8 Å². The maximum absolute atomic E-state index is 12.8. The predicted octanol–water partition coefficient (Wildman–Crippen LogP) is 3.49. The second kappa shape index (κ2) is 8.76. The highest BCUT2D eigenvalue weighted by atomic mass is 35.5. The maximum Gasteiger partial charge on any atom is 0.253 e. The van der Waals surface area contributed by atoms with Crippen LogP contribution < -0.4 is 11.1 Å². The van der Waals surface area contributed by atoms with Crippen molar-refractivity contribution >= 4 is 41.8 Å². The molecule has 1 amide bonds. The smallest absolute Gasteiger partial charge is 0.253 e. The van der Waals surface area contributed by atoms with Gasteiger partial charge in [-0.3, -0.25) is 4.79 Å². The SMILES string of the molecule is CC(C)n1ncc2cc(C(=O)NC3C4CCCC3CC(N)C4)cnc21.Cl.Cl. The standard InChI is InChI=1S/C19H27N5O.2ClH/c1-11(2)24-18-14(10-22-24)6-15(9-21-18)19(25)23-17-12-4-3-5-13(17)8-16(20)7-12;;/h6,9-13,16-17H,3-5,7-8,20H2,1-2H3,(H,23,25);2*1H. The van der Waals surface area contributed by atoms with Gasteiger partial charge in [0.1, 0.15) is 0 Å². The highest BCUT2D eigenvalue weighted by Crippen LogP contribution is 2.39. The van der Waals surface area contributed by atoms with Crippen molar-refractivity contribution in [2.75, 3.05) is 0 Å². The van der Waals surface area contributed by atoms with Crippen molar-refractivity contribution in [3.05, 3.63) is 24.0 Å². The molecule has 6 nitrogen and oxygen atoms in total. The van der Waals surface area contributed by atoms with Gasteiger partial charge in [0, 0.05) is 29.7 Å². The fourth-order valence-corrected chi connectivity index (χ4v) is 4.70. The van der Waals surface area contributed by atoms with Crippen molar-refractivity contribution < 1.29 is 4.79 Å². The number of fused-ring (bicyclic) bond motifs is 3. The number of halogens is 2. The van der Waals surface area contributed by atoms with Crippen LogP contribution in [0.4, 0.5) is 0 Å². The van der Waals surface area contributed by atoms with Gasteiger partial charge in [-0.05, 0) is 57.4 Å². The van der Waals surface area contributed by atoms with E-state index in [2.05, 4.69) is 29.2 Å². The van der Waals surface area contributed by atoms with E-state index in [0.29, 0.717) is 23.4 Å². The Balaban J connectivity index is 0.00000131. The van der Waals surface area contributed by atoms with Gasteiger partial charge in [0.25, 0.3) is 5.91 Å².